The van der Waals surface area contributed by atoms with E-state index in [1.165, 1.54) is 5.56 Å². The van der Waals surface area contributed by atoms with Crippen LogP contribution in [0.15, 0.2) is 42.5 Å². The van der Waals surface area contributed by atoms with Crippen LogP contribution in [0.1, 0.15) is 23.6 Å². The molecule has 0 atom stereocenters. The zero-order valence-electron chi connectivity index (χ0n) is 11.4. The highest BCUT2D eigenvalue weighted by Gasteiger charge is 2.14. The molecule has 2 rings (SSSR count). The van der Waals surface area contributed by atoms with Crippen LogP contribution < -0.4 is 0 Å². The Morgan fingerprint density at radius 3 is 2.38 bits per heavy atom. The lowest BCUT2D eigenvalue weighted by atomic mass is 10.0. The SMILES string of the molecule is CCc1ccc(/C=C(\C(=O)O)c2cc(Cl)ccc2Cl)cc1. The predicted octanol–water partition coefficient (Wildman–Crippen LogP) is 5.18. The molecule has 0 unspecified atom stereocenters. The second kappa shape index (κ2) is 6.79. The van der Waals surface area contributed by atoms with Crippen LogP contribution in [0.25, 0.3) is 11.6 Å². The number of carboxylic acid groups (broad SMARTS) is 1. The minimum absolute atomic E-state index is 0.117. The average molecular weight is 321 g/mol. The van der Waals surface area contributed by atoms with Gasteiger partial charge in [-0.15, -0.1) is 0 Å². The van der Waals surface area contributed by atoms with E-state index >= 15 is 0 Å². The molecule has 0 saturated carbocycles. The highest BCUT2D eigenvalue weighted by Crippen LogP contribution is 2.29. The fourth-order valence-corrected chi connectivity index (χ4v) is 2.37. The Labute approximate surface area is 133 Å². The third-order valence-electron chi connectivity index (χ3n) is 3.15. The minimum atomic E-state index is -1.04. The minimum Gasteiger partial charge on any atom is -0.478 e. The van der Waals surface area contributed by atoms with E-state index in [0.717, 1.165) is 12.0 Å². The molecule has 0 radical (unpaired) electrons. The van der Waals surface area contributed by atoms with Crippen LogP contribution in [0.5, 0.6) is 0 Å². The Kier molecular flexibility index (Phi) is 5.05. The predicted molar refractivity (Wildman–Crippen MR) is 87.8 cm³/mol. The van der Waals surface area contributed by atoms with Crippen LogP contribution in [0.3, 0.4) is 0 Å². The van der Waals surface area contributed by atoms with Gasteiger partial charge in [0.25, 0.3) is 0 Å². The van der Waals surface area contributed by atoms with Crippen molar-refractivity contribution in [3.63, 3.8) is 0 Å². The van der Waals surface area contributed by atoms with Crippen molar-refractivity contribution in [2.45, 2.75) is 13.3 Å². The quantitative estimate of drug-likeness (QED) is 0.622. The maximum Gasteiger partial charge on any atom is 0.336 e. The molecule has 2 aromatic carbocycles. The van der Waals surface area contributed by atoms with E-state index in [9.17, 15) is 9.90 Å². The van der Waals surface area contributed by atoms with Crippen LogP contribution in [0.4, 0.5) is 0 Å². The second-order valence-corrected chi connectivity index (χ2v) is 5.43. The van der Waals surface area contributed by atoms with Crippen LogP contribution >= 0.6 is 23.2 Å². The molecule has 0 aliphatic rings. The standard InChI is InChI=1S/C17H14Cl2O2/c1-2-11-3-5-12(6-4-11)9-15(17(20)21)14-10-13(18)7-8-16(14)19/h3-10H,2H2,1H3,(H,20,21)/b15-9-. The number of aliphatic carboxylic acids is 1. The number of hydrogen-bond acceptors (Lipinski definition) is 1. The van der Waals surface area contributed by atoms with Crippen molar-refractivity contribution in [1.82, 2.24) is 0 Å². The number of carboxylic acids is 1. The van der Waals surface area contributed by atoms with Gasteiger partial charge in [-0.25, -0.2) is 4.79 Å². The Hall–Kier alpha value is -1.77. The molecule has 0 saturated heterocycles. The highest BCUT2D eigenvalue weighted by molar-refractivity contribution is 6.37. The Morgan fingerprint density at radius 1 is 1.14 bits per heavy atom. The number of aryl methyl sites for hydroxylation is 1. The van der Waals surface area contributed by atoms with Gasteiger partial charge in [0, 0.05) is 15.6 Å². The molecule has 4 heteroatoms. The molecule has 2 aromatic rings. The lowest BCUT2D eigenvalue weighted by molar-refractivity contribution is -0.130. The Bertz CT molecular complexity index is 688. The first-order chi connectivity index (χ1) is 10.0. The fraction of sp³-hybridized carbons (Fsp3) is 0.118. The van der Waals surface area contributed by atoms with Gasteiger partial charge in [-0.2, -0.15) is 0 Å². The zero-order chi connectivity index (χ0) is 15.4. The smallest absolute Gasteiger partial charge is 0.336 e. The molecule has 0 spiro atoms. The van der Waals surface area contributed by atoms with Gasteiger partial charge in [0.2, 0.25) is 0 Å². The summed E-state index contributed by atoms with van der Waals surface area (Å²) in [6.45, 7) is 2.07. The molecule has 21 heavy (non-hydrogen) atoms. The van der Waals surface area contributed by atoms with E-state index in [4.69, 9.17) is 23.2 Å². The van der Waals surface area contributed by atoms with E-state index in [-0.39, 0.29) is 5.57 Å². The van der Waals surface area contributed by atoms with Gasteiger partial charge in [0.1, 0.15) is 0 Å². The van der Waals surface area contributed by atoms with Crippen molar-refractivity contribution < 1.29 is 9.90 Å². The van der Waals surface area contributed by atoms with Gasteiger partial charge >= 0.3 is 5.97 Å². The summed E-state index contributed by atoms with van der Waals surface area (Å²) in [6.07, 6.45) is 2.54. The van der Waals surface area contributed by atoms with E-state index < -0.39 is 5.97 Å². The molecule has 108 valence electrons. The van der Waals surface area contributed by atoms with E-state index in [1.54, 1.807) is 24.3 Å². The molecule has 0 heterocycles. The number of rotatable bonds is 4. The first-order valence-corrected chi connectivity index (χ1v) is 7.26. The molecule has 2 nitrogen and oxygen atoms in total. The molecule has 0 aliphatic heterocycles. The summed E-state index contributed by atoms with van der Waals surface area (Å²) in [5, 5.41) is 10.2. The summed E-state index contributed by atoms with van der Waals surface area (Å²) in [5.74, 6) is -1.04. The van der Waals surface area contributed by atoms with Crippen molar-refractivity contribution in [3.05, 3.63) is 69.2 Å². The van der Waals surface area contributed by atoms with Gasteiger partial charge in [0.15, 0.2) is 0 Å². The highest BCUT2D eigenvalue weighted by atomic mass is 35.5. The normalized spacial score (nSPS) is 11.5. The van der Waals surface area contributed by atoms with Gasteiger partial charge in [0.05, 0.1) is 5.57 Å². The van der Waals surface area contributed by atoms with Crippen LogP contribution in [0, 0.1) is 0 Å². The largest absolute Gasteiger partial charge is 0.478 e. The maximum atomic E-state index is 11.5. The fourth-order valence-electron chi connectivity index (χ4n) is 1.97. The molecule has 0 aromatic heterocycles. The summed E-state index contributed by atoms with van der Waals surface area (Å²) < 4.78 is 0. The van der Waals surface area contributed by atoms with Gasteiger partial charge in [-0.05, 0) is 41.8 Å². The number of benzene rings is 2. The molecule has 0 fully saturated rings. The number of carbonyl (C=O) groups is 1. The van der Waals surface area contributed by atoms with E-state index in [0.29, 0.717) is 15.6 Å². The lowest BCUT2D eigenvalue weighted by Gasteiger charge is -2.07. The average Bonchev–Trinajstić information content (AvgIpc) is 2.48. The molecule has 0 amide bonds. The zero-order valence-corrected chi connectivity index (χ0v) is 12.9. The van der Waals surface area contributed by atoms with Crippen molar-refractivity contribution in [3.8, 4) is 0 Å². The molecular formula is C17H14Cl2O2. The molecule has 0 aliphatic carbocycles. The monoisotopic (exact) mass is 320 g/mol. The lowest BCUT2D eigenvalue weighted by Crippen LogP contribution is -2.00. The van der Waals surface area contributed by atoms with Crippen molar-refractivity contribution >= 4 is 40.8 Å². The van der Waals surface area contributed by atoms with Gasteiger partial charge in [-0.1, -0.05) is 54.4 Å². The van der Waals surface area contributed by atoms with Gasteiger partial charge < -0.3 is 5.11 Å². The van der Waals surface area contributed by atoms with Gasteiger partial charge in [-0.3, -0.25) is 0 Å². The summed E-state index contributed by atoms with van der Waals surface area (Å²) in [5.41, 5.74) is 2.54. The topological polar surface area (TPSA) is 37.3 Å². The summed E-state index contributed by atoms with van der Waals surface area (Å²) in [7, 11) is 0. The van der Waals surface area contributed by atoms with Crippen LogP contribution in [-0.4, -0.2) is 11.1 Å². The maximum absolute atomic E-state index is 11.5. The van der Waals surface area contributed by atoms with Crippen molar-refractivity contribution in [2.75, 3.05) is 0 Å². The number of halogens is 2. The first-order valence-electron chi connectivity index (χ1n) is 6.50. The number of hydrogen-bond donors (Lipinski definition) is 1. The Morgan fingerprint density at radius 2 is 1.81 bits per heavy atom. The van der Waals surface area contributed by atoms with Crippen LogP contribution in [0.2, 0.25) is 10.0 Å². The Balaban J connectivity index is 2.49. The summed E-state index contributed by atoms with van der Waals surface area (Å²) in [6, 6.07) is 12.5. The van der Waals surface area contributed by atoms with Crippen molar-refractivity contribution in [1.29, 1.82) is 0 Å². The van der Waals surface area contributed by atoms with E-state index in [1.807, 2.05) is 24.3 Å². The van der Waals surface area contributed by atoms with Crippen LogP contribution in [-0.2, 0) is 11.2 Å². The second-order valence-electron chi connectivity index (χ2n) is 4.58. The third-order valence-corrected chi connectivity index (χ3v) is 3.71. The molecular weight excluding hydrogens is 307 g/mol. The first kappa shape index (κ1) is 15.6. The van der Waals surface area contributed by atoms with E-state index in [2.05, 4.69) is 6.92 Å². The molecule has 0 bridgehead atoms. The molecule has 1 N–H and O–H groups in total. The summed E-state index contributed by atoms with van der Waals surface area (Å²) in [4.78, 5) is 11.5. The summed E-state index contributed by atoms with van der Waals surface area (Å²) >= 11 is 12.0. The van der Waals surface area contributed by atoms with Crippen molar-refractivity contribution in [2.24, 2.45) is 0 Å². The third kappa shape index (κ3) is 3.87.